The van der Waals surface area contributed by atoms with Crippen LogP contribution >= 0.6 is 12.4 Å². The van der Waals surface area contributed by atoms with Crippen molar-refractivity contribution in [2.75, 3.05) is 13.2 Å². The maximum Gasteiger partial charge on any atom is 0.149 e. The minimum atomic E-state index is 0. The van der Waals surface area contributed by atoms with Crippen molar-refractivity contribution in [3.8, 4) is 5.75 Å². The highest BCUT2D eigenvalue weighted by Gasteiger charge is 2.25. The van der Waals surface area contributed by atoms with Crippen molar-refractivity contribution < 1.29 is 4.74 Å². The lowest BCUT2D eigenvalue weighted by molar-refractivity contribution is 0.329. The molecule has 1 aliphatic rings. The minimum Gasteiger partial charge on any atom is -0.491 e. The van der Waals surface area contributed by atoms with Gasteiger partial charge in [0.15, 0.2) is 0 Å². The summed E-state index contributed by atoms with van der Waals surface area (Å²) in [6, 6.07) is 6.95. The Kier molecular flexibility index (Phi) is 4.07. The monoisotopic (exact) mass is 280 g/mol. The van der Waals surface area contributed by atoms with Gasteiger partial charge in [0.1, 0.15) is 5.75 Å². The van der Waals surface area contributed by atoms with Gasteiger partial charge in [0.25, 0.3) is 0 Å². The Balaban J connectivity index is 0.00000133. The Morgan fingerprint density at radius 3 is 2.95 bits per heavy atom. The highest BCUT2D eigenvalue weighted by Crippen LogP contribution is 2.38. The Morgan fingerprint density at radius 2 is 2.21 bits per heavy atom. The quantitative estimate of drug-likeness (QED) is 0.912. The molecule has 1 aliphatic heterocycles. The number of rotatable bonds is 2. The van der Waals surface area contributed by atoms with Crippen LogP contribution in [0.15, 0.2) is 18.2 Å². The Bertz CT molecular complexity index is 591. The van der Waals surface area contributed by atoms with Crippen LogP contribution in [0.4, 0.5) is 0 Å². The number of aryl methyl sites for hydroxylation is 1. The summed E-state index contributed by atoms with van der Waals surface area (Å²) < 4.78 is 8.35. The van der Waals surface area contributed by atoms with E-state index in [4.69, 9.17) is 4.74 Å². The second-order valence-corrected chi connectivity index (χ2v) is 5.03. The van der Waals surface area contributed by atoms with Gasteiger partial charge in [-0.1, -0.05) is 12.1 Å². The summed E-state index contributed by atoms with van der Waals surface area (Å²) in [4.78, 5) is 0. The predicted molar refractivity (Wildman–Crippen MR) is 81.5 cm³/mol. The van der Waals surface area contributed by atoms with Gasteiger partial charge >= 0.3 is 0 Å². The lowest BCUT2D eigenvalue weighted by Gasteiger charge is -2.25. The van der Waals surface area contributed by atoms with Gasteiger partial charge in [-0.25, -0.2) is 0 Å². The lowest BCUT2D eigenvalue weighted by atomic mass is 10.1. The zero-order valence-corrected chi connectivity index (χ0v) is 12.5. The predicted octanol–water partition coefficient (Wildman–Crippen LogP) is 3.43. The van der Waals surface area contributed by atoms with Crippen LogP contribution in [0.5, 0.6) is 5.75 Å². The molecule has 0 radical (unpaired) electrons. The van der Waals surface area contributed by atoms with Crippen LogP contribution in [0.3, 0.4) is 0 Å². The van der Waals surface area contributed by atoms with Crippen molar-refractivity contribution in [1.82, 2.24) is 9.88 Å². The third-order valence-corrected chi connectivity index (χ3v) is 3.74. The summed E-state index contributed by atoms with van der Waals surface area (Å²) in [6.45, 7) is 9.13. The van der Waals surface area contributed by atoms with Crippen LogP contribution in [0.25, 0.3) is 10.9 Å². The average Bonchev–Trinajstić information content (AvgIpc) is 2.68. The van der Waals surface area contributed by atoms with Crippen LogP contribution in [0.1, 0.15) is 31.1 Å². The standard InChI is InChI=1S/C15H20N2O.ClH/c1-4-18-15-12-7-5-6-10(2)14(12)17-11(3)8-16-9-13(15)17;/h5-7,11,16H,4,8-9H2,1-3H3;1H/t11-;/m1./s1. The van der Waals surface area contributed by atoms with Crippen molar-refractivity contribution in [3.05, 3.63) is 29.5 Å². The molecule has 104 valence electrons. The van der Waals surface area contributed by atoms with Crippen LogP contribution in [0.2, 0.25) is 0 Å². The molecule has 0 spiro atoms. The molecule has 1 N–H and O–H groups in total. The first-order valence-electron chi connectivity index (χ1n) is 6.70. The highest BCUT2D eigenvalue weighted by atomic mass is 35.5. The lowest BCUT2D eigenvalue weighted by Crippen LogP contribution is -2.31. The summed E-state index contributed by atoms with van der Waals surface area (Å²) in [5, 5.41) is 4.72. The number of nitrogens with zero attached hydrogens (tertiary/aromatic N) is 1. The molecule has 0 bridgehead atoms. The molecule has 1 aromatic heterocycles. The van der Waals surface area contributed by atoms with Gasteiger partial charge in [-0.3, -0.25) is 0 Å². The Labute approximate surface area is 120 Å². The Hall–Kier alpha value is -1.19. The van der Waals surface area contributed by atoms with Gasteiger partial charge in [0, 0.05) is 24.5 Å². The van der Waals surface area contributed by atoms with E-state index in [-0.39, 0.29) is 12.4 Å². The number of aromatic nitrogens is 1. The number of hydrogen-bond acceptors (Lipinski definition) is 2. The molecular formula is C15H21ClN2O. The van der Waals surface area contributed by atoms with Crippen LogP contribution in [-0.2, 0) is 6.54 Å². The van der Waals surface area contributed by atoms with E-state index in [2.05, 4.69) is 41.9 Å². The number of ether oxygens (including phenoxy) is 1. The summed E-state index contributed by atoms with van der Waals surface area (Å²) in [5.41, 5.74) is 3.96. The second-order valence-electron chi connectivity index (χ2n) is 5.03. The summed E-state index contributed by atoms with van der Waals surface area (Å²) in [7, 11) is 0. The molecule has 1 aromatic carbocycles. The highest BCUT2D eigenvalue weighted by molar-refractivity contribution is 5.91. The van der Waals surface area contributed by atoms with E-state index < -0.39 is 0 Å². The SMILES string of the molecule is CCOc1c2n(c3c(C)cccc13)[C@H](C)CNC2.Cl. The normalized spacial score (nSPS) is 17.9. The first-order valence-corrected chi connectivity index (χ1v) is 6.70. The maximum atomic E-state index is 5.90. The largest absolute Gasteiger partial charge is 0.491 e. The molecule has 0 amide bonds. The summed E-state index contributed by atoms with van der Waals surface area (Å²) in [6.07, 6.45) is 0. The molecular weight excluding hydrogens is 260 g/mol. The molecule has 3 nitrogen and oxygen atoms in total. The smallest absolute Gasteiger partial charge is 0.149 e. The van der Waals surface area contributed by atoms with Gasteiger partial charge in [-0.05, 0) is 32.4 Å². The van der Waals surface area contributed by atoms with Crippen molar-refractivity contribution in [2.45, 2.75) is 33.4 Å². The number of benzene rings is 1. The summed E-state index contributed by atoms with van der Waals surface area (Å²) in [5.74, 6) is 1.07. The number of hydrogen-bond donors (Lipinski definition) is 1. The fourth-order valence-corrected chi connectivity index (χ4v) is 3.01. The van der Waals surface area contributed by atoms with E-state index in [1.807, 2.05) is 6.92 Å². The first-order chi connectivity index (χ1) is 8.74. The van der Waals surface area contributed by atoms with E-state index in [1.54, 1.807) is 0 Å². The zero-order chi connectivity index (χ0) is 12.7. The van der Waals surface area contributed by atoms with Gasteiger partial charge in [0.2, 0.25) is 0 Å². The number of halogens is 1. The molecule has 2 heterocycles. The molecule has 0 fully saturated rings. The average molecular weight is 281 g/mol. The fraction of sp³-hybridized carbons (Fsp3) is 0.467. The topological polar surface area (TPSA) is 26.2 Å². The van der Waals surface area contributed by atoms with Crippen LogP contribution in [0, 0.1) is 6.92 Å². The molecule has 2 aromatic rings. The zero-order valence-electron chi connectivity index (χ0n) is 11.7. The molecule has 0 aliphatic carbocycles. The second kappa shape index (κ2) is 5.43. The van der Waals surface area contributed by atoms with E-state index >= 15 is 0 Å². The van der Waals surface area contributed by atoms with E-state index in [0.717, 1.165) is 18.8 Å². The van der Waals surface area contributed by atoms with E-state index in [9.17, 15) is 0 Å². The fourth-order valence-electron chi connectivity index (χ4n) is 3.01. The molecule has 3 rings (SSSR count). The maximum absolute atomic E-state index is 5.90. The van der Waals surface area contributed by atoms with Gasteiger partial charge < -0.3 is 14.6 Å². The van der Waals surface area contributed by atoms with Gasteiger partial charge in [-0.2, -0.15) is 0 Å². The van der Waals surface area contributed by atoms with Crippen molar-refractivity contribution in [1.29, 1.82) is 0 Å². The summed E-state index contributed by atoms with van der Waals surface area (Å²) >= 11 is 0. The molecule has 0 saturated carbocycles. The molecule has 19 heavy (non-hydrogen) atoms. The van der Waals surface area contributed by atoms with Crippen molar-refractivity contribution >= 4 is 23.3 Å². The van der Waals surface area contributed by atoms with Crippen LogP contribution < -0.4 is 10.1 Å². The van der Waals surface area contributed by atoms with Crippen molar-refractivity contribution in [2.24, 2.45) is 0 Å². The van der Waals surface area contributed by atoms with Crippen molar-refractivity contribution in [3.63, 3.8) is 0 Å². The van der Waals surface area contributed by atoms with E-state index in [1.165, 1.54) is 22.2 Å². The number of para-hydroxylation sites is 1. The van der Waals surface area contributed by atoms with Gasteiger partial charge in [0.05, 0.1) is 17.8 Å². The number of nitrogens with one attached hydrogen (secondary N) is 1. The molecule has 1 atom stereocenters. The number of fused-ring (bicyclic) bond motifs is 3. The molecule has 4 heteroatoms. The van der Waals surface area contributed by atoms with Crippen LogP contribution in [-0.4, -0.2) is 17.7 Å². The molecule has 0 saturated heterocycles. The third-order valence-electron chi connectivity index (χ3n) is 3.74. The third kappa shape index (κ3) is 2.11. The minimum absolute atomic E-state index is 0. The molecule has 0 unspecified atom stereocenters. The first kappa shape index (κ1) is 14.2. The van der Waals surface area contributed by atoms with E-state index in [0.29, 0.717) is 12.6 Å². The Morgan fingerprint density at radius 1 is 1.42 bits per heavy atom. The van der Waals surface area contributed by atoms with Gasteiger partial charge in [-0.15, -0.1) is 12.4 Å².